The highest BCUT2D eigenvalue weighted by Gasteiger charge is 2.36. The van der Waals surface area contributed by atoms with E-state index in [-0.39, 0.29) is 5.56 Å². The van der Waals surface area contributed by atoms with Crippen molar-refractivity contribution in [1.82, 2.24) is 9.97 Å². The summed E-state index contributed by atoms with van der Waals surface area (Å²) in [5.74, 6) is 0. The number of hydrogen-bond acceptors (Lipinski definition) is 3. The summed E-state index contributed by atoms with van der Waals surface area (Å²) in [6, 6.07) is 1.43. The first-order valence-corrected chi connectivity index (χ1v) is 5.51. The maximum Gasteiger partial charge on any atom is 0.426 e. The molecule has 0 amide bonds. The Labute approximate surface area is 96.9 Å². The van der Waals surface area contributed by atoms with Crippen LogP contribution in [-0.2, 0) is 6.18 Å². The van der Waals surface area contributed by atoms with Crippen molar-refractivity contribution in [2.75, 3.05) is 0 Å². The van der Waals surface area contributed by atoms with Gasteiger partial charge < -0.3 is 9.40 Å². The van der Waals surface area contributed by atoms with Crippen molar-refractivity contribution in [3.63, 3.8) is 0 Å². The van der Waals surface area contributed by atoms with Crippen molar-refractivity contribution >= 4 is 22.6 Å². The van der Waals surface area contributed by atoms with Crippen LogP contribution in [0.3, 0.4) is 0 Å². The van der Waals surface area contributed by atoms with Crippen LogP contribution in [0, 0.1) is 0 Å². The minimum atomic E-state index is -4.35. The van der Waals surface area contributed by atoms with Crippen LogP contribution >= 0.6 is 11.3 Å². The number of oxazole rings is 1. The lowest BCUT2D eigenvalue weighted by molar-refractivity contribution is -0.133. The molecule has 0 aromatic carbocycles. The molecule has 3 rings (SSSR count). The molecule has 7 heteroatoms. The van der Waals surface area contributed by atoms with Gasteiger partial charge >= 0.3 is 6.18 Å². The first-order chi connectivity index (χ1) is 8.07. The van der Waals surface area contributed by atoms with E-state index in [9.17, 15) is 13.2 Å². The molecule has 0 aliphatic carbocycles. The van der Waals surface area contributed by atoms with E-state index in [1.807, 2.05) is 0 Å². The third-order valence-electron chi connectivity index (χ3n) is 2.38. The molecule has 3 heterocycles. The lowest BCUT2D eigenvalue weighted by Gasteiger charge is -2.05. The molecular formula is C10H5F3N2OS. The summed E-state index contributed by atoms with van der Waals surface area (Å²) in [7, 11) is 0. The molecule has 3 nitrogen and oxygen atoms in total. The summed E-state index contributed by atoms with van der Waals surface area (Å²) >= 11 is 0.665. The Morgan fingerprint density at radius 3 is 2.88 bits per heavy atom. The molecule has 0 aliphatic heterocycles. The third kappa shape index (κ3) is 1.54. The van der Waals surface area contributed by atoms with E-state index in [0.29, 0.717) is 28.1 Å². The number of H-pyrrole nitrogens is 1. The molecule has 0 saturated heterocycles. The monoisotopic (exact) mass is 258 g/mol. The maximum atomic E-state index is 12.8. The lowest BCUT2D eigenvalue weighted by Crippen LogP contribution is -2.03. The smallest absolute Gasteiger partial charge is 0.426 e. The number of aromatic amines is 1. The number of rotatable bonds is 1. The van der Waals surface area contributed by atoms with Crippen LogP contribution < -0.4 is 0 Å². The van der Waals surface area contributed by atoms with E-state index in [1.165, 1.54) is 24.0 Å². The number of fused-ring (bicyclic) bond motifs is 1. The summed E-state index contributed by atoms with van der Waals surface area (Å²) < 4.78 is 43.3. The number of halogens is 3. The number of alkyl halides is 3. The normalized spacial score (nSPS) is 12.4. The molecule has 0 atom stereocenters. The molecule has 17 heavy (non-hydrogen) atoms. The molecule has 0 fully saturated rings. The van der Waals surface area contributed by atoms with Crippen molar-refractivity contribution in [1.29, 1.82) is 0 Å². The molecule has 3 aromatic heterocycles. The van der Waals surface area contributed by atoms with Crippen molar-refractivity contribution in [3.8, 4) is 11.1 Å². The standard InChI is InChI=1S/C10H5F3N2OS/c11-10(12,13)8-5(1-2-17-8)6-3-14-9-7(6)16-4-15-9/h1-4,14H. The van der Waals surface area contributed by atoms with Crippen LogP contribution in [0.1, 0.15) is 4.88 Å². The Balaban J connectivity index is 2.24. The molecule has 0 unspecified atom stereocenters. The van der Waals surface area contributed by atoms with E-state index in [1.54, 1.807) is 0 Å². The fourth-order valence-electron chi connectivity index (χ4n) is 1.69. The van der Waals surface area contributed by atoms with Crippen LogP contribution in [0.2, 0.25) is 0 Å². The van der Waals surface area contributed by atoms with E-state index < -0.39 is 11.1 Å². The second kappa shape index (κ2) is 3.36. The molecule has 0 aliphatic rings. The Morgan fingerprint density at radius 1 is 1.29 bits per heavy atom. The second-order valence-electron chi connectivity index (χ2n) is 3.39. The SMILES string of the molecule is FC(F)(F)c1sccc1-c1c[nH]c2ncoc12. The predicted octanol–water partition coefficient (Wildman–Crippen LogP) is 3.90. The molecule has 88 valence electrons. The molecule has 0 bridgehead atoms. The van der Waals surface area contributed by atoms with Crippen molar-refractivity contribution in [2.45, 2.75) is 6.18 Å². The van der Waals surface area contributed by atoms with E-state index in [2.05, 4.69) is 9.97 Å². The van der Waals surface area contributed by atoms with Crippen LogP contribution in [-0.4, -0.2) is 9.97 Å². The summed E-state index contributed by atoms with van der Waals surface area (Å²) in [5, 5.41) is 1.41. The van der Waals surface area contributed by atoms with Gasteiger partial charge in [0, 0.05) is 17.3 Å². The van der Waals surface area contributed by atoms with Crippen LogP contribution in [0.15, 0.2) is 28.5 Å². The Bertz CT molecular complexity index is 664. The van der Waals surface area contributed by atoms with Gasteiger partial charge in [-0.25, -0.2) is 0 Å². The number of hydrogen-bond donors (Lipinski definition) is 1. The Kier molecular flexibility index (Phi) is 2.06. The van der Waals surface area contributed by atoms with Gasteiger partial charge in [-0.2, -0.15) is 18.2 Å². The van der Waals surface area contributed by atoms with Crippen LogP contribution in [0.25, 0.3) is 22.4 Å². The highest BCUT2D eigenvalue weighted by atomic mass is 32.1. The van der Waals surface area contributed by atoms with Gasteiger partial charge in [0.2, 0.25) is 0 Å². The summed E-state index contributed by atoms with van der Waals surface area (Å²) in [4.78, 5) is 5.98. The summed E-state index contributed by atoms with van der Waals surface area (Å²) in [6.07, 6.45) is -1.68. The summed E-state index contributed by atoms with van der Waals surface area (Å²) in [5.41, 5.74) is 1.28. The van der Waals surface area contributed by atoms with Gasteiger partial charge in [-0.15, -0.1) is 11.3 Å². The Hall–Kier alpha value is -1.76. The average molecular weight is 258 g/mol. The second-order valence-corrected chi connectivity index (χ2v) is 4.31. The quantitative estimate of drug-likeness (QED) is 0.719. The van der Waals surface area contributed by atoms with Gasteiger partial charge in [-0.1, -0.05) is 0 Å². The molecule has 0 spiro atoms. The molecule has 3 aromatic rings. The predicted molar refractivity (Wildman–Crippen MR) is 56.7 cm³/mol. The minimum Gasteiger partial charge on any atom is -0.441 e. The zero-order valence-electron chi connectivity index (χ0n) is 8.21. The van der Waals surface area contributed by atoms with Gasteiger partial charge in [0.1, 0.15) is 4.88 Å². The fraction of sp³-hybridized carbons (Fsp3) is 0.100. The molecule has 0 saturated carbocycles. The van der Waals surface area contributed by atoms with Gasteiger partial charge in [-0.3, -0.25) is 0 Å². The third-order valence-corrected chi connectivity index (χ3v) is 3.34. The van der Waals surface area contributed by atoms with E-state index >= 15 is 0 Å². The van der Waals surface area contributed by atoms with Gasteiger partial charge in [0.05, 0.1) is 0 Å². The largest absolute Gasteiger partial charge is 0.441 e. The van der Waals surface area contributed by atoms with E-state index in [0.717, 1.165) is 0 Å². The average Bonchev–Trinajstić information content (AvgIpc) is 2.90. The van der Waals surface area contributed by atoms with E-state index in [4.69, 9.17) is 4.42 Å². The molecule has 1 N–H and O–H groups in total. The van der Waals surface area contributed by atoms with Crippen molar-refractivity contribution in [3.05, 3.63) is 28.9 Å². The number of aromatic nitrogens is 2. The molecular weight excluding hydrogens is 253 g/mol. The van der Waals surface area contributed by atoms with Crippen molar-refractivity contribution in [2.24, 2.45) is 0 Å². The lowest BCUT2D eigenvalue weighted by atomic mass is 10.1. The van der Waals surface area contributed by atoms with Crippen LogP contribution in [0.5, 0.6) is 0 Å². The topological polar surface area (TPSA) is 41.8 Å². The number of nitrogens with zero attached hydrogens (tertiary/aromatic N) is 1. The number of thiophene rings is 1. The van der Waals surface area contributed by atoms with Gasteiger partial charge in [-0.05, 0) is 11.4 Å². The Morgan fingerprint density at radius 2 is 2.12 bits per heavy atom. The molecule has 0 radical (unpaired) electrons. The summed E-state index contributed by atoms with van der Waals surface area (Å²) in [6.45, 7) is 0. The maximum absolute atomic E-state index is 12.8. The highest BCUT2D eigenvalue weighted by molar-refractivity contribution is 7.10. The number of nitrogens with one attached hydrogen (secondary N) is 1. The van der Waals surface area contributed by atoms with Gasteiger partial charge in [0.15, 0.2) is 17.6 Å². The van der Waals surface area contributed by atoms with Crippen molar-refractivity contribution < 1.29 is 17.6 Å². The first kappa shape index (κ1) is 10.4. The van der Waals surface area contributed by atoms with Gasteiger partial charge in [0.25, 0.3) is 0 Å². The first-order valence-electron chi connectivity index (χ1n) is 4.63. The zero-order chi connectivity index (χ0) is 12.0. The van der Waals surface area contributed by atoms with Crippen LogP contribution in [0.4, 0.5) is 13.2 Å². The zero-order valence-corrected chi connectivity index (χ0v) is 9.02. The fourth-order valence-corrected chi connectivity index (χ4v) is 2.47. The highest BCUT2D eigenvalue weighted by Crippen LogP contribution is 2.42. The minimum absolute atomic E-state index is 0.116.